The first-order chi connectivity index (χ1) is 10.7. The summed E-state index contributed by atoms with van der Waals surface area (Å²) in [5.41, 5.74) is 8.93. The highest BCUT2D eigenvalue weighted by molar-refractivity contribution is 8.15. The van der Waals surface area contributed by atoms with Crippen LogP contribution in [0.5, 0.6) is 0 Å². The first-order valence-corrected chi connectivity index (χ1v) is 8.78. The molecule has 2 aromatic rings. The predicted molar refractivity (Wildman–Crippen MR) is 94.1 cm³/mol. The fourth-order valence-corrected chi connectivity index (χ4v) is 4.32. The molecule has 0 fully saturated rings. The number of nitrogens with one attached hydrogen (secondary N) is 1. The molecule has 112 valence electrons. The third-order valence-corrected chi connectivity index (χ3v) is 5.85. The van der Waals surface area contributed by atoms with Crippen molar-refractivity contribution in [3.8, 4) is 0 Å². The number of rotatable bonds is 2. The van der Waals surface area contributed by atoms with E-state index in [0.29, 0.717) is 0 Å². The van der Waals surface area contributed by atoms with Crippen molar-refractivity contribution in [2.75, 3.05) is 0 Å². The van der Waals surface area contributed by atoms with Crippen molar-refractivity contribution in [1.29, 1.82) is 0 Å². The van der Waals surface area contributed by atoms with E-state index in [4.69, 9.17) is 0 Å². The van der Waals surface area contributed by atoms with Crippen molar-refractivity contribution in [2.24, 2.45) is 5.10 Å². The molecule has 2 aromatic carbocycles. The SMILES string of the molecule is CC1(c2ccc3c(c2)CCCC3)NN=C(c2ccccc2)S1. The van der Waals surface area contributed by atoms with Crippen LogP contribution in [0.25, 0.3) is 0 Å². The second-order valence-electron chi connectivity index (χ2n) is 6.22. The highest BCUT2D eigenvalue weighted by atomic mass is 32.2. The molecule has 1 atom stereocenters. The molecule has 0 spiro atoms. The highest BCUT2D eigenvalue weighted by Crippen LogP contribution is 2.41. The summed E-state index contributed by atoms with van der Waals surface area (Å²) in [5, 5.41) is 5.65. The van der Waals surface area contributed by atoms with Gasteiger partial charge in [-0.1, -0.05) is 60.3 Å². The zero-order valence-electron chi connectivity index (χ0n) is 12.8. The maximum atomic E-state index is 4.58. The Balaban J connectivity index is 1.61. The fraction of sp³-hybridized carbons (Fsp3) is 0.316. The Kier molecular flexibility index (Phi) is 3.45. The zero-order chi connectivity index (χ0) is 15.0. The molecule has 1 aliphatic heterocycles. The zero-order valence-corrected chi connectivity index (χ0v) is 13.6. The van der Waals surface area contributed by atoms with E-state index in [-0.39, 0.29) is 4.87 Å². The largest absolute Gasteiger partial charge is 0.288 e. The molecule has 0 amide bonds. The Morgan fingerprint density at radius 2 is 1.77 bits per heavy atom. The van der Waals surface area contributed by atoms with Crippen LogP contribution in [0.15, 0.2) is 53.6 Å². The van der Waals surface area contributed by atoms with Crippen molar-refractivity contribution in [1.82, 2.24) is 5.43 Å². The first kappa shape index (κ1) is 13.9. The molecular weight excluding hydrogens is 288 g/mol. The van der Waals surface area contributed by atoms with Gasteiger partial charge >= 0.3 is 0 Å². The van der Waals surface area contributed by atoms with Crippen LogP contribution in [0.4, 0.5) is 0 Å². The molecule has 2 nitrogen and oxygen atoms in total. The number of hydrogen-bond donors (Lipinski definition) is 1. The van der Waals surface area contributed by atoms with E-state index in [1.54, 1.807) is 0 Å². The fourth-order valence-electron chi connectivity index (χ4n) is 3.25. The van der Waals surface area contributed by atoms with Gasteiger partial charge in [-0.3, -0.25) is 5.43 Å². The third kappa shape index (κ3) is 2.44. The van der Waals surface area contributed by atoms with Crippen LogP contribution in [0, 0.1) is 0 Å². The van der Waals surface area contributed by atoms with Gasteiger partial charge in [-0.05, 0) is 49.3 Å². The van der Waals surface area contributed by atoms with Crippen LogP contribution in [-0.4, -0.2) is 5.04 Å². The van der Waals surface area contributed by atoms with Crippen molar-refractivity contribution >= 4 is 16.8 Å². The molecule has 0 saturated carbocycles. The minimum atomic E-state index is -0.169. The monoisotopic (exact) mass is 308 g/mol. The molecule has 1 unspecified atom stereocenters. The molecule has 0 aromatic heterocycles. The quantitative estimate of drug-likeness (QED) is 0.887. The molecule has 0 saturated heterocycles. The third-order valence-electron chi connectivity index (χ3n) is 4.59. The van der Waals surface area contributed by atoms with Gasteiger partial charge in [0.15, 0.2) is 0 Å². The molecule has 1 aliphatic carbocycles. The van der Waals surface area contributed by atoms with Crippen LogP contribution in [0.1, 0.15) is 42.0 Å². The number of thioether (sulfide) groups is 1. The summed E-state index contributed by atoms with van der Waals surface area (Å²) in [6.45, 7) is 2.22. The average molecular weight is 308 g/mol. The van der Waals surface area contributed by atoms with E-state index in [2.05, 4.69) is 59.9 Å². The molecule has 0 radical (unpaired) electrons. The number of benzene rings is 2. The molecule has 1 heterocycles. The highest BCUT2D eigenvalue weighted by Gasteiger charge is 2.35. The van der Waals surface area contributed by atoms with Crippen LogP contribution in [0.3, 0.4) is 0 Å². The number of fused-ring (bicyclic) bond motifs is 1. The lowest BCUT2D eigenvalue weighted by Crippen LogP contribution is -2.29. The first-order valence-electron chi connectivity index (χ1n) is 7.96. The van der Waals surface area contributed by atoms with Crippen molar-refractivity contribution in [3.63, 3.8) is 0 Å². The van der Waals surface area contributed by atoms with E-state index in [1.807, 2.05) is 17.8 Å². The topological polar surface area (TPSA) is 24.4 Å². The predicted octanol–water partition coefficient (Wildman–Crippen LogP) is 4.44. The maximum Gasteiger partial charge on any atom is 0.128 e. The summed E-state index contributed by atoms with van der Waals surface area (Å²) in [5.74, 6) is 0. The molecule has 3 heteroatoms. The second-order valence-corrected chi connectivity index (χ2v) is 7.63. The van der Waals surface area contributed by atoms with Gasteiger partial charge in [-0.2, -0.15) is 5.10 Å². The lowest BCUT2D eigenvalue weighted by molar-refractivity contribution is 0.560. The maximum absolute atomic E-state index is 4.58. The average Bonchev–Trinajstić information content (AvgIpc) is 2.99. The van der Waals surface area contributed by atoms with Crippen molar-refractivity contribution in [2.45, 2.75) is 37.5 Å². The molecule has 2 aliphatic rings. The molecule has 1 N–H and O–H groups in total. The Morgan fingerprint density at radius 3 is 2.59 bits per heavy atom. The Bertz CT molecular complexity index is 723. The molecular formula is C19H20N2S. The Morgan fingerprint density at radius 1 is 1.00 bits per heavy atom. The van der Waals surface area contributed by atoms with E-state index in [1.165, 1.54) is 47.9 Å². The van der Waals surface area contributed by atoms with E-state index < -0.39 is 0 Å². The normalized spacial score (nSPS) is 23.6. The smallest absolute Gasteiger partial charge is 0.128 e. The lowest BCUT2D eigenvalue weighted by Gasteiger charge is -2.26. The van der Waals surface area contributed by atoms with E-state index in [9.17, 15) is 0 Å². The molecule has 22 heavy (non-hydrogen) atoms. The molecule has 4 rings (SSSR count). The van der Waals surface area contributed by atoms with Gasteiger partial charge in [0.05, 0.1) is 0 Å². The van der Waals surface area contributed by atoms with Gasteiger partial charge in [0, 0.05) is 5.56 Å². The van der Waals surface area contributed by atoms with E-state index in [0.717, 1.165) is 5.04 Å². The minimum absolute atomic E-state index is 0.169. The number of hydrogen-bond acceptors (Lipinski definition) is 3. The molecule has 0 bridgehead atoms. The van der Waals surface area contributed by atoms with Crippen LogP contribution < -0.4 is 5.43 Å². The summed E-state index contributed by atoms with van der Waals surface area (Å²) in [7, 11) is 0. The number of hydrazone groups is 1. The Labute approximate surface area is 136 Å². The number of nitrogens with zero attached hydrogens (tertiary/aromatic N) is 1. The van der Waals surface area contributed by atoms with Crippen molar-refractivity contribution < 1.29 is 0 Å². The van der Waals surface area contributed by atoms with Gasteiger partial charge in [-0.15, -0.1) is 0 Å². The van der Waals surface area contributed by atoms with Gasteiger partial charge < -0.3 is 0 Å². The van der Waals surface area contributed by atoms with Gasteiger partial charge in [0.25, 0.3) is 0 Å². The summed E-state index contributed by atoms with van der Waals surface area (Å²) >= 11 is 1.81. The van der Waals surface area contributed by atoms with Crippen LogP contribution >= 0.6 is 11.8 Å². The van der Waals surface area contributed by atoms with Crippen LogP contribution in [0.2, 0.25) is 0 Å². The summed E-state index contributed by atoms with van der Waals surface area (Å²) in [6, 6.07) is 17.4. The summed E-state index contributed by atoms with van der Waals surface area (Å²) in [4.78, 5) is -0.169. The van der Waals surface area contributed by atoms with Crippen LogP contribution in [-0.2, 0) is 17.7 Å². The minimum Gasteiger partial charge on any atom is -0.288 e. The summed E-state index contributed by atoms with van der Waals surface area (Å²) in [6.07, 6.45) is 5.10. The Hall–Kier alpha value is -1.74. The standard InChI is InChI=1S/C19H20N2S/c1-19(17-12-11-14-7-5-6-10-16(14)13-17)21-20-18(22-19)15-8-3-2-4-9-15/h2-4,8-9,11-13,21H,5-7,10H2,1H3. The van der Waals surface area contributed by atoms with Crippen molar-refractivity contribution in [3.05, 3.63) is 70.8 Å². The van der Waals surface area contributed by atoms with E-state index >= 15 is 0 Å². The second kappa shape index (κ2) is 5.47. The summed E-state index contributed by atoms with van der Waals surface area (Å²) < 4.78 is 0. The lowest BCUT2D eigenvalue weighted by atomic mass is 9.89. The van der Waals surface area contributed by atoms with Gasteiger partial charge in [-0.25, -0.2) is 0 Å². The van der Waals surface area contributed by atoms with Gasteiger partial charge in [0.1, 0.15) is 9.91 Å². The number of aryl methyl sites for hydroxylation is 2. The van der Waals surface area contributed by atoms with Gasteiger partial charge in [0.2, 0.25) is 0 Å².